The number of carbonyl (C=O) groups excluding carboxylic acids is 2. The van der Waals surface area contributed by atoms with Crippen LogP contribution in [0, 0.1) is 13.8 Å². The fourth-order valence-electron chi connectivity index (χ4n) is 3.53. The second kappa shape index (κ2) is 7.63. The minimum absolute atomic E-state index is 0.0231. The zero-order valence-electron chi connectivity index (χ0n) is 16.2. The molecule has 152 valence electrons. The predicted octanol–water partition coefficient (Wildman–Crippen LogP) is 5.35. The van der Waals surface area contributed by atoms with Gasteiger partial charge in [0.15, 0.2) is 0 Å². The fraction of sp³-hybridized carbons (Fsp3) is 0.130. The van der Waals surface area contributed by atoms with E-state index >= 15 is 0 Å². The molecule has 0 saturated carbocycles. The summed E-state index contributed by atoms with van der Waals surface area (Å²) in [5, 5.41) is 23.6. The van der Waals surface area contributed by atoms with Gasteiger partial charge < -0.3 is 10.2 Å². The molecule has 1 unspecified atom stereocenters. The number of hydrogen-bond donors (Lipinski definition) is 2. The highest BCUT2D eigenvalue weighted by molar-refractivity contribution is 7.10. The summed E-state index contributed by atoms with van der Waals surface area (Å²) < 4.78 is 0. The third kappa shape index (κ3) is 3.28. The molecule has 0 bridgehead atoms. The molecule has 1 atom stereocenters. The molecule has 1 aromatic heterocycles. The number of ketones is 1. The van der Waals surface area contributed by atoms with E-state index in [-0.39, 0.29) is 22.8 Å². The van der Waals surface area contributed by atoms with E-state index in [4.69, 9.17) is 11.6 Å². The summed E-state index contributed by atoms with van der Waals surface area (Å²) in [6.07, 6.45) is 0. The first-order chi connectivity index (χ1) is 14.3. The van der Waals surface area contributed by atoms with E-state index in [1.165, 1.54) is 34.4 Å². The van der Waals surface area contributed by atoms with E-state index in [9.17, 15) is 19.8 Å². The number of rotatable bonds is 3. The number of carbonyl (C=O) groups is 2. The van der Waals surface area contributed by atoms with Crippen LogP contribution in [0.2, 0.25) is 5.02 Å². The van der Waals surface area contributed by atoms with Gasteiger partial charge in [0.1, 0.15) is 17.6 Å². The first-order valence-corrected chi connectivity index (χ1v) is 10.5. The van der Waals surface area contributed by atoms with Gasteiger partial charge in [-0.1, -0.05) is 29.8 Å². The molecule has 1 fully saturated rings. The fourth-order valence-corrected chi connectivity index (χ4v) is 4.52. The summed E-state index contributed by atoms with van der Waals surface area (Å²) in [5.41, 5.74) is 2.54. The van der Waals surface area contributed by atoms with Crippen molar-refractivity contribution in [2.75, 3.05) is 4.90 Å². The minimum atomic E-state index is -0.879. The van der Waals surface area contributed by atoms with E-state index in [0.717, 1.165) is 11.1 Å². The van der Waals surface area contributed by atoms with Crippen molar-refractivity contribution in [3.8, 4) is 5.75 Å². The lowest BCUT2D eigenvalue weighted by molar-refractivity contribution is -0.132. The number of aliphatic hydroxyl groups excluding tert-OH is 1. The topological polar surface area (TPSA) is 77.8 Å². The van der Waals surface area contributed by atoms with Crippen molar-refractivity contribution >= 4 is 46.1 Å². The maximum absolute atomic E-state index is 13.0. The number of benzene rings is 2. The minimum Gasteiger partial charge on any atom is -0.507 e. The molecule has 7 heteroatoms. The van der Waals surface area contributed by atoms with Gasteiger partial charge in [0.2, 0.25) is 0 Å². The average Bonchev–Trinajstić information content (AvgIpc) is 3.33. The lowest BCUT2D eigenvalue weighted by Crippen LogP contribution is -2.29. The monoisotopic (exact) mass is 439 g/mol. The van der Waals surface area contributed by atoms with Crippen LogP contribution >= 0.6 is 22.9 Å². The zero-order valence-corrected chi connectivity index (χ0v) is 17.8. The number of nitrogens with zero attached hydrogens (tertiary/aromatic N) is 1. The van der Waals surface area contributed by atoms with Crippen LogP contribution in [0.15, 0.2) is 59.5 Å². The lowest BCUT2D eigenvalue weighted by Gasteiger charge is -2.25. The third-order valence-corrected chi connectivity index (χ3v) is 6.39. The molecule has 1 amide bonds. The highest BCUT2D eigenvalue weighted by atomic mass is 35.5. The number of aryl methyl sites for hydroxylation is 2. The lowest BCUT2D eigenvalue weighted by atomic mass is 9.97. The van der Waals surface area contributed by atoms with Crippen molar-refractivity contribution in [1.29, 1.82) is 0 Å². The summed E-state index contributed by atoms with van der Waals surface area (Å²) in [4.78, 5) is 27.9. The number of Topliss-reactive ketones (excluding diaryl/α,β-unsaturated/α-hetero) is 1. The number of thiophene rings is 1. The number of hydrogen-bond acceptors (Lipinski definition) is 5. The summed E-state index contributed by atoms with van der Waals surface area (Å²) >= 11 is 7.43. The van der Waals surface area contributed by atoms with Crippen LogP contribution in [0.25, 0.3) is 5.76 Å². The molecule has 5 nitrogen and oxygen atoms in total. The van der Waals surface area contributed by atoms with Gasteiger partial charge in [-0.15, -0.1) is 11.3 Å². The Morgan fingerprint density at radius 3 is 2.50 bits per heavy atom. The van der Waals surface area contributed by atoms with Gasteiger partial charge in [-0.25, -0.2) is 0 Å². The van der Waals surface area contributed by atoms with Gasteiger partial charge in [-0.2, -0.15) is 0 Å². The smallest absolute Gasteiger partial charge is 0.300 e. The number of aromatic hydroxyl groups is 1. The molecule has 0 aliphatic carbocycles. The summed E-state index contributed by atoms with van der Waals surface area (Å²) in [6.45, 7) is 3.86. The second-order valence-corrected chi connectivity index (χ2v) is 8.53. The highest BCUT2D eigenvalue weighted by Gasteiger charge is 2.48. The highest BCUT2D eigenvalue weighted by Crippen LogP contribution is 2.46. The van der Waals surface area contributed by atoms with Crippen molar-refractivity contribution in [1.82, 2.24) is 0 Å². The van der Waals surface area contributed by atoms with E-state index in [1.807, 2.05) is 25.3 Å². The van der Waals surface area contributed by atoms with Crippen LogP contribution in [0.1, 0.15) is 27.6 Å². The molecular weight excluding hydrogens is 422 g/mol. The zero-order chi connectivity index (χ0) is 21.6. The van der Waals surface area contributed by atoms with Crippen molar-refractivity contribution in [3.05, 3.63) is 86.1 Å². The molecule has 1 saturated heterocycles. The van der Waals surface area contributed by atoms with Crippen LogP contribution in [0.5, 0.6) is 5.75 Å². The van der Waals surface area contributed by atoms with Crippen LogP contribution < -0.4 is 4.90 Å². The molecule has 2 aromatic carbocycles. The van der Waals surface area contributed by atoms with Crippen LogP contribution in [0.3, 0.4) is 0 Å². The van der Waals surface area contributed by atoms with E-state index in [0.29, 0.717) is 15.5 Å². The Morgan fingerprint density at radius 1 is 1.07 bits per heavy atom. The van der Waals surface area contributed by atoms with Gasteiger partial charge in [0.25, 0.3) is 11.7 Å². The van der Waals surface area contributed by atoms with Gasteiger partial charge >= 0.3 is 0 Å². The Labute approximate surface area is 182 Å². The number of amides is 1. The first-order valence-electron chi connectivity index (χ1n) is 9.20. The molecule has 0 spiro atoms. The number of aliphatic hydroxyl groups is 1. The van der Waals surface area contributed by atoms with Crippen molar-refractivity contribution in [3.63, 3.8) is 0 Å². The molecular formula is C23H18ClNO4S. The number of phenols is 1. The first kappa shape index (κ1) is 20.2. The maximum Gasteiger partial charge on any atom is 0.300 e. The van der Waals surface area contributed by atoms with Gasteiger partial charge in [0, 0.05) is 15.5 Å². The normalized spacial score (nSPS) is 18.2. The molecule has 0 radical (unpaired) electrons. The molecule has 4 rings (SSSR count). The van der Waals surface area contributed by atoms with Gasteiger partial charge in [-0.05, 0) is 60.7 Å². The molecule has 1 aliphatic rings. The Kier molecular flexibility index (Phi) is 5.13. The van der Waals surface area contributed by atoms with Gasteiger partial charge in [0.05, 0.1) is 11.3 Å². The van der Waals surface area contributed by atoms with Crippen LogP contribution in [-0.4, -0.2) is 21.9 Å². The van der Waals surface area contributed by atoms with Crippen LogP contribution in [0.4, 0.5) is 5.69 Å². The van der Waals surface area contributed by atoms with E-state index < -0.39 is 17.7 Å². The van der Waals surface area contributed by atoms with Crippen molar-refractivity contribution in [2.24, 2.45) is 0 Å². The molecule has 1 aliphatic heterocycles. The Balaban J connectivity index is 1.96. The van der Waals surface area contributed by atoms with Crippen LogP contribution in [-0.2, 0) is 9.59 Å². The Morgan fingerprint density at radius 2 is 1.83 bits per heavy atom. The number of phenolic OH excluding ortho intramolecular Hbond substituents is 1. The second-order valence-electron chi connectivity index (χ2n) is 7.12. The average molecular weight is 440 g/mol. The van der Waals surface area contributed by atoms with E-state index in [1.54, 1.807) is 24.3 Å². The van der Waals surface area contributed by atoms with Crippen molar-refractivity contribution < 1.29 is 19.8 Å². The number of halogens is 1. The number of anilines is 1. The third-order valence-electron chi connectivity index (χ3n) is 5.23. The maximum atomic E-state index is 13.0. The molecule has 2 heterocycles. The largest absolute Gasteiger partial charge is 0.507 e. The molecule has 2 N–H and O–H groups in total. The molecule has 3 aromatic rings. The Hall–Kier alpha value is -3.09. The SMILES string of the molecule is Cc1ccc(/C(O)=C2/C(=O)C(=O)N(c3cc(Cl)ccc3O)C2c2cccs2)cc1C. The van der Waals surface area contributed by atoms with E-state index in [2.05, 4.69) is 0 Å². The standard InChI is InChI=1S/C23H18ClNO4S/c1-12-5-6-14(10-13(12)2)21(27)19-20(18-4-3-9-30-18)25(23(29)22(19)28)16-11-15(24)7-8-17(16)26/h3-11,20,26-27H,1-2H3/b21-19-. The summed E-state index contributed by atoms with van der Waals surface area (Å²) in [5.74, 6) is -2.09. The Bertz CT molecular complexity index is 1200. The molecule has 30 heavy (non-hydrogen) atoms. The van der Waals surface area contributed by atoms with Gasteiger partial charge in [-0.3, -0.25) is 14.5 Å². The summed E-state index contributed by atoms with van der Waals surface area (Å²) in [7, 11) is 0. The van der Waals surface area contributed by atoms with Crippen molar-refractivity contribution in [2.45, 2.75) is 19.9 Å². The quantitative estimate of drug-likeness (QED) is 0.327. The predicted molar refractivity (Wildman–Crippen MR) is 118 cm³/mol. The summed E-state index contributed by atoms with van der Waals surface area (Å²) in [6, 6.07) is 12.3.